The molecular formula is C23H30N4O3. The minimum atomic E-state index is -0.102. The molecular weight excluding hydrogens is 380 g/mol. The molecule has 3 rings (SSSR count). The van der Waals surface area contributed by atoms with Crippen LogP contribution in [0.5, 0.6) is 11.5 Å². The molecule has 1 aliphatic rings. The summed E-state index contributed by atoms with van der Waals surface area (Å²) in [4.78, 5) is 16.8. The molecule has 1 heterocycles. The average Bonchev–Trinajstić information content (AvgIpc) is 2.79. The number of amides is 1. The summed E-state index contributed by atoms with van der Waals surface area (Å²) >= 11 is 0. The molecule has 2 aromatic rings. The predicted octanol–water partition coefficient (Wildman–Crippen LogP) is 2.72. The van der Waals surface area contributed by atoms with Crippen molar-refractivity contribution in [2.45, 2.75) is 32.9 Å². The van der Waals surface area contributed by atoms with Gasteiger partial charge in [-0.3, -0.25) is 4.79 Å². The van der Waals surface area contributed by atoms with Crippen molar-refractivity contribution < 1.29 is 14.3 Å². The summed E-state index contributed by atoms with van der Waals surface area (Å²) in [5, 5.41) is 9.45. The molecule has 1 atom stereocenters. The van der Waals surface area contributed by atoms with Gasteiger partial charge in [-0.15, -0.1) is 0 Å². The van der Waals surface area contributed by atoms with Gasteiger partial charge in [0.25, 0.3) is 5.91 Å². The van der Waals surface area contributed by atoms with E-state index in [1.165, 1.54) is 0 Å². The second kappa shape index (κ2) is 11.1. The lowest BCUT2D eigenvalue weighted by molar-refractivity contribution is 0.0936. The van der Waals surface area contributed by atoms with Crippen molar-refractivity contribution in [3.8, 4) is 11.5 Å². The van der Waals surface area contributed by atoms with E-state index in [9.17, 15) is 4.79 Å². The maximum Gasteiger partial charge on any atom is 0.251 e. The third-order valence-electron chi connectivity index (χ3n) is 4.55. The number of benzene rings is 2. The second-order valence-corrected chi connectivity index (χ2v) is 7.03. The molecule has 0 bridgehead atoms. The number of nitrogens with one attached hydrogen (secondary N) is 3. The van der Waals surface area contributed by atoms with E-state index in [0.717, 1.165) is 30.0 Å². The van der Waals surface area contributed by atoms with Gasteiger partial charge in [-0.25, -0.2) is 4.99 Å². The first-order chi connectivity index (χ1) is 14.7. The van der Waals surface area contributed by atoms with E-state index in [0.29, 0.717) is 37.8 Å². The van der Waals surface area contributed by atoms with Crippen LogP contribution in [0.3, 0.4) is 0 Å². The van der Waals surface area contributed by atoms with Gasteiger partial charge in [-0.2, -0.15) is 0 Å². The lowest BCUT2D eigenvalue weighted by atomic mass is 10.1. The highest BCUT2D eigenvalue weighted by Gasteiger charge is 2.20. The van der Waals surface area contributed by atoms with Crippen LogP contribution < -0.4 is 25.4 Å². The average molecular weight is 411 g/mol. The van der Waals surface area contributed by atoms with Crippen LogP contribution in [0.15, 0.2) is 53.5 Å². The third-order valence-corrected chi connectivity index (χ3v) is 4.55. The van der Waals surface area contributed by atoms with Gasteiger partial charge in [-0.1, -0.05) is 31.2 Å². The fraction of sp³-hybridized carbons (Fsp3) is 0.391. The molecule has 1 unspecified atom stereocenters. The molecule has 0 spiro atoms. The number of hydrogen-bond donors (Lipinski definition) is 3. The number of rotatable bonds is 8. The first-order valence-corrected chi connectivity index (χ1v) is 10.5. The molecule has 3 N–H and O–H groups in total. The topological polar surface area (TPSA) is 84.0 Å². The minimum Gasteiger partial charge on any atom is -0.486 e. The fourth-order valence-corrected chi connectivity index (χ4v) is 3.04. The van der Waals surface area contributed by atoms with E-state index >= 15 is 0 Å². The molecule has 1 amide bonds. The molecule has 0 aliphatic carbocycles. The van der Waals surface area contributed by atoms with Crippen molar-refractivity contribution in [1.29, 1.82) is 0 Å². The van der Waals surface area contributed by atoms with Gasteiger partial charge in [0, 0.05) is 18.7 Å². The van der Waals surface area contributed by atoms with Crippen LogP contribution in [-0.2, 0) is 6.54 Å². The van der Waals surface area contributed by atoms with Gasteiger partial charge >= 0.3 is 0 Å². The first kappa shape index (κ1) is 21.5. The molecule has 0 saturated heterocycles. The van der Waals surface area contributed by atoms with E-state index in [1.807, 2.05) is 62.4 Å². The van der Waals surface area contributed by atoms with E-state index in [4.69, 9.17) is 9.47 Å². The molecule has 0 saturated carbocycles. The summed E-state index contributed by atoms with van der Waals surface area (Å²) in [5.41, 5.74) is 1.63. The molecule has 160 valence electrons. The van der Waals surface area contributed by atoms with Crippen molar-refractivity contribution in [3.05, 3.63) is 59.7 Å². The smallest absolute Gasteiger partial charge is 0.251 e. The Balaban J connectivity index is 1.56. The summed E-state index contributed by atoms with van der Waals surface area (Å²) in [6.45, 7) is 6.99. The molecule has 0 radical (unpaired) electrons. The van der Waals surface area contributed by atoms with Crippen molar-refractivity contribution in [3.63, 3.8) is 0 Å². The highest BCUT2D eigenvalue weighted by Crippen LogP contribution is 2.30. The Bertz CT molecular complexity index is 869. The van der Waals surface area contributed by atoms with Crippen LogP contribution in [0.4, 0.5) is 0 Å². The maximum atomic E-state index is 12.2. The number of ether oxygens (including phenoxy) is 2. The first-order valence-electron chi connectivity index (χ1n) is 10.5. The zero-order chi connectivity index (χ0) is 21.2. The van der Waals surface area contributed by atoms with Crippen LogP contribution in [0.2, 0.25) is 0 Å². The number of para-hydroxylation sites is 2. The largest absolute Gasteiger partial charge is 0.486 e. The normalized spacial score (nSPS) is 15.4. The van der Waals surface area contributed by atoms with Gasteiger partial charge in [0.05, 0.1) is 13.1 Å². The van der Waals surface area contributed by atoms with Gasteiger partial charge in [-0.05, 0) is 43.2 Å². The van der Waals surface area contributed by atoms with Gasteiger partial charge < -0.3 is 25.4 Å². The molecule has 0 aromatic heterocycles. The van der Waals surface area contributed by atoms with Gasteiger partial charge in [0.15, 0.2) is 17.5 Å². The molecule has 2 aromatic carbocycles. The van der Waals surface area contributed by atoms with E-state index in [2.05, 4.69) is 20.9 Å². The van der Waals surface area contributed by atoms with Crippen LogP contribution in [0, 0.1) is 0 Å². The molecule has 30 heavy (non-hydrogen) atoms. The Morgan fingerprint density at radius 1 is 1.07 bits per heavy atom. The number of nitrogens with zero attached hydrogens (tertiary/aromatic N) is 1. The van der Waals surface area contributed by atoms with Crippen molar-refractivity contribution >= 4 is 11.9 Å². The molecule has 0 fully saturated rings. The standard InChI is InChI=1S/C23H30N4O3/c1-3-12-25-22(28)18-9-7-8-17(13-18)14-26-23(24-4-2)27-15-19-16-29-20-10-5-6-11-21(20)30-19/h5-11,13,19H,3-4,12,14-16H2,1-2H3,(H,25,28)(H2,24,26,27). The van der Waals surface area contributed by atoms with Gasteiger partial charge in [0.2, 0.25) is 0 Å². The Kier molecular flexibility index (Phi) is 7.94. The fourth-order valence-electron chi connectivity index (χ4n) is 3.04. The Hall–Kier alpha value is -3.22. The van der Waals surface area contributed by atoms with E-state index in [1.54, 1.807) is 0 Å². The SMILES string of the molecule is CCCNC(=O)c1cccc(CN=C(NCC)NCC2COc3ccccc3O2)c1. The minimum absolute atomic E-state index is 0.0533. The number of hydrogen-bond acceptors (Lipinski definition) is 4. The zero-order valence-corrected chi connectivity index (χ0v) is 17.6. The quantitative estimate of drug-likeness (QED) is 0.460. The Morgan fingerprint density at radius 2 is 1.90 bits per heavy atom. The van der Waals surface area contributed by atoms with Crippen molar-refractivity contribution in [2.75, 3.05) is 26.2 Å². The van der Waals surface area contributed by atoms with Crippen molar-refractivity contribution in [1.82, 2.24) is 16.0 Å². The Morgan fingerprint density at radius 3 is 2.70 bits per heavy atom. The Labute approximate surface area is 177 Å². The maximum absolute atomic E-state index is 12.2. The summed E-state index contributed by atoms with van der Waals surface area (Å²) in [6, 6.07) is 15.2. The number of aliphatic imine (C=N–C) groups is 1. The summed E-state index contributed by atoms with van der Waals surface area (Å²) in [6.07, 6.45) is 0.809. The van der Waals surface area contributed by atoms with Crippen LogP contribution in [-0.4, -0.2) is 44.2 Å². The van der Waals surface area contributed by atoms with E-state index < -0.39 is 0 Å². The highest BCUT2D eigenvalue weighted by molar-refractivity contribution is 5.94. The lowest BCUT2D eigenvalue weighted by Gasteiger charge is -2.27. The molecule has 7 nitrogen and oxygen atoms in total. The summed E-state index contributed by atoms with van der Waals surface area (Å²) < 4.78 is 11.7. The number of guanidine groups is 1. The number of fused-ring (bicyclic) bond motifs is 1. The monoisotopic (exact) mass is 410 g/mol. The second-order valence-electron chi connectivity index (χ2n) is 7.03. The lowest BCUT2D eigenvalue weighted by Crippen LogP contribution is -2.45. The highest BCUT2D eigenvalue weighted by atomic mass is 16.6. The number of carbonyl (C=O) groups is 1. The van der Waals surface area contributed by atoms with Crippen LogP contribution in [0.1, 0.15) is 36.2 Å². The summed E-state index contributed by atoms with van der Waals surface area (Å²) in [5.74, 6) is 2.18. The third kappa shape index (κ3) is 6.14. The van der Waals surface area contributed by atoms with Crippen LogP contribution >= 0.6 is 0 Å². The molecule has 7 heteroatoms. The zero-order valence-electron chi connectivity index (χ0n) is 17.6. The summed E-state index contributed by atoms with van der Waals surface area (Å²) in [7, 11) is 0. The number of carbonyl (C=O) groups excluding carboxylic acids is 1. The molecule has 1 aliphatic heterocycles. The van der Waals surface area contributed by atoms with Crippen molar-refractivity contribution in [2.24, 2.45) is 4.99 Å². The predicted molar refractivity (Wildman–Crippen MR) is 118 cm³/mol. The van der Waals surface area contributed by atoms with Crippen LogP contribution in [0.25, 0.3) is 0 Å². The van der Waals surface area contributed by atoms with E-state index in [-0.39, 0.29) is 12.0 Å². The van der Waals surface area contributed by atoms with Gasteiger partial charge in [0.1, 0.15) is 12.7 Å².